The van der Waals surface area contributed by atoms with Crippen molar-refractivity contribution in [3.05, 3.63) is 23.8 Å². The molecule has 2 aliphatic carbocycles. The normalized spacial score (nSPS) is 41.9. The van der Waals surface area contributed by atoms with Gasteiger partial charge in [0.05, 0.1) is 6.10 Å². The van der Waals surface area contributed by atoms with Crippen LogP contribution in [0.25, 0.3) is 0 Å². The van der Waals surface area contributed by atoms with Gasteiger partial charge in [-0.1, -0.05) is 28.1 Å². The maximum Gasteiger partial charge on any atom is 0.334 e. The van der Waals surface area contributed by atoms with E-state index >= 15 is 0 Å². The lowest BCUT2D eigenvalue weighted by molar-refractivity contribution is -0.137. The largest absolute Gasteiger partial charge is 0.454 e. The van der Waals surface area contributed by atoms with Gasteiger partial charge in [-0.05, 0) is 30.8 Å². The van der Waals surface area contributed by atoms with Crippen molar-refractivity contribution in [2.75, 3.05) is 0 Å². The minimum atomic E-state index is -0.561. The minimum absolute atomic E-state index is 0.0310. The van der Waals surface area contributed by atoms with Crippen molar-refractivity contribution in [2.24, 2.45) is 23.5 Å². The molecule has 0 aromatic heterocycles. The van der Waals surface area contributed by atoms with Crippen LogP contribution in [-0.4, -0.2) is 34.0 Å². The summed E-state index contributed by atoms with van der Waals surface area (Å²) < 4.78 is 5.31. The zero-order valence-electron chi connectivity index (χ0n) is 11.5. The van der Waals surface area contributed by atoms with Gasteiger partial charge in [-0.2, -0.15) is 0 Å². The molecule has 0 bridgehead atoms. The molecule has 6 heteroatoms. The number of aliphatic hydroxyl groups is 1. The van der Waals surface area contributed by atoms with Gasteiger partial charge in [0.2, 0.25) is 5.91 Å². The molecule has 5 nitrogen and oxygen atoms in total. The second kappa shape index (κ2) is 5.25. The van der Waals surface area contributed by atoms with Gasteiger partial charge in [0.1, 0.15) is 6.10 Å². The fourth-order valence-electron chi connectivity index (χ4n) is 3.83. The molecule has 6 atom stereocenters. The van der Waals surface area contributed by atoms with Gasteiger partial charge < -0.3 is 15.6 Å². The summed E-state index contributed by atoms with van der Waals surface area (Å²) in [6.07, 6.45) is 2.56. The number of rotatable bonds is 2. The smallest absolute Gasteiger partial charge is 0.334 e. The summed E-state index contributed by atoms with van der Waals surface area (Å²) in [5.41, 5.74) is 6.92. The van der Waals surface area contributed by atoms with Gasteiger partial charge in [-0.3, -0.25) is 4.79 Å². The maximum absolute atomic E-state index is 11.7. The highest BCUT2D eigenvalue weighted by atomic mass is 79.9. The van der Waals surface area contributed by atoms with Crippen molar-refractivity contribution in [3.63, 3.8) is 0 Å². The van der Waals surface area contributed by atoms with E-state index in [1.807, 2.05) is 6.08 Å². The first kappa shape index (κ1) is 14.8. The summed E-state index contributed by atoms with van der Waals surface area (Å²) in [4.78, 5) is 22.8. The van der Waals surface area contributed by atoms with Gasteiger partial charge in [-0.25, -0.2) is 4.79 Å². The summed E-state index contributed by atoms with van der Waals surface area (Å²) in [5, 5.41) is 10.2. The molecule has 114 valence electrons. The first-order valence-corrected chi connectivity index (χ1v) is 8.01. The van der Waals surface area contributed by atoms with Crippen LogP contribution in [0.4, 0.5) is 0 Å². The van der Waals surface area contributed by atoms with Gasteiger partial charge in [0.25, 0.3) is 0 Å². The van der Waals surface area contributed by atoms with E-state index in [1.54, 1.807) is 0 Å². The molecule has 1 aliphatic heterocycles. The summed E-state index contributed by atoms with van der Waals surface area (Å²) >= 11 is 3.50. The number of ether oxygens (including phenoxy) is 1. The zero-order chi connectivity index (χ0) is 15.3. The van der Waals surface area contributed by atoms with E-state index < -0.39 is 6.10 Å². The Morgan fingerprint density at radius 3 is 2.90 bits per heavy atom. The highest BCUT2D eigenvalue weighted by molar-refractivity contribution is 9.09. The van der Waals surface area contributed by atoms with Gasteiger partial charge >= 0.3 is 5.97 Å². The standard InChI is InChI=1S/C15H18BrNO4/c1-6-8-4-9-7(3-12(8)21-15(6)20)2-11(18)14(16)10(9)5-13(17)19/h3,8-12,14,18H,1-2,4-5H2,(H2,17,19). The number of hydrogen-bond donors (Lipinski definition) is 2. The van der Waals surface area contributed by atoms with Crippen LogP contribution in [0.15, 0.2) is 23.8 Å². The quantitative estimate of drug-likeness (QED) is 0.335. The van der Waals surface area contributed by atoms with Crippen molar-refractivity contribution in [3.8, 4) is 0 Å². The third-order valence-corrected chi connectivity index (χ3v) is 6.18. The fourth-order valence-corrected chi connectivity index (χ4v) is 4.58. The molecule has 2 fully saturated rings. The van der Waals surface area contributed by atoms with Crippen molar-refractivity contribution in [1.29, 1.82) is 0 Å². The first-order chi connectivity index (χ1) is 9.88. The van der Waals surface area contributed by atoms with Crippen LogP contribution >= 0.6 is 15.9 Å². The summed E-state index contributed by atoms with van der Waals surface area (Å²) in [6.45, 7) is 3.82. The van der Waals surface area contributed by atoms with E-state index in [2.05, 4.69) is 22.5 Å². The number of hydrogen-bond acceptors (Lipinski definition) is 4. The SMILES string of the molecule is C=C1C(=O)OC2C=C3CC(O)C(Br)C(CC(N)=O)C3CC12. The van der Waals surface area contributed by atoms with Crippen molar-refractivity contribution >= 4 is 27.8 Å². The predicted molar refractivity (Wildman–Crippen MR) is 79.3 cm³/mol. The number of esters is 1. The Balaban J connectivity index is 1.92. The molecular formula is C15H18BrNO4. The molecule has 6 unspecified atom stereocenters. The number of alkyl halides is 1. The van der Waals surface area contributed by atoms with Gasteiger partial charge in [0, 0.05) is 22.7 Å². The molecule has 0 aromatic carbocycles. The average Bonchev–Trinajstić information content (AvgIpc) is 2.68. The second-order valence-corrected chi connectivity index (χ2v) is 7.19. The van der Waals surface area contributed by atoms with Crippen molar-refractivity contribution < 1.29 is 19.4 Å². The molecular weight excluding hydrogens is 338 g/mol. The van der Waals surface area contributed by atoms with E-state index in [9.17, 15) is 14.7 Å². The second-order valence-electron chi connectivity index (χ2n) is 6.14. The number of fused-ring (bicyclic) bond motifs is 2. The van der Waals surface area contributed by atoms with Crippen LogP contribution in [0.1, 0.15) is 19.3 Å². The van der Waals surface area contributed by atoms with Crippen LogP contribution in [0.2, 0.25) is 0 Å². The number of halogens is 1. The molecule has 1 amide bonds. The van der Waals surface area contributed by atoms with Crippen LogP contribution < -0.4 is 5.73 Å². The van der Waals surface area contributed by atoms with E-state index in [1.165, 1.54) is 0 Å². The van der Waals surface area contributed by atoms with E-state index in [0.717, 1.165) is 5.57 Å². The molecule has 3 aliphatic rings. The zero-order valence-corrected chi connectivity index (χ0v) is 13.1. The van der Waals surface area contributed by atoms with Crippen LogP contribution in [0, 0.1) is 17.8 Å². The van der Waals surface area contributed by atoms with Crippen molar-refractivity contribution in [1.82, 2.24) is 0 Å². The molecule has 0 aromatic rings. The monoisotopic (exact) mass is 355 g/mol. The topological polar surface area (TPSA) is 89.6 Å². The van der Waals surface area contributed by atoms with Crippen LogP contribution in [-0.2, 0) is 14.3 Å². The Morgan fingerprint density at radius 1 is 1.52 bits per heavy atom. The average molecular weight is 356 g/mol. The highest BCUT2D eigenvalue weighted by Gasteiger charge is 2.48. The van der Waals surface area contributed by atoms with Crippen LogP contribution in [0.5, 0.6) is 0 Å². The third-order valence-electron chi connectivity index (χ3n) is 4.89. The Kier molecular flexibility index (Phi) is 3.69. The van der Waals surface area contributed by atoms with Gasteiger partial charge in [0.15, 0.2) is 0 Å². The van der Waals surface area contributed by atoms with E-state index in [-0.39, 0.29) is 47.0 Å². The van der Waals surface area contributed by atoms with Gasteiger partial charge in [-0.15, -0.1) is 0 Å². The number of nitrogens with two attached hydrogens (primary N) is 1. The third kappa shape index (κ3) is 2.44. The van der Waals surface area contributed by atoms with Crippen molar-refractivity contribution in [2.45, 2.75) is 36.3 Å². The molecule has 1 saturated carbocycles. The summed E-state index contributed by atoms with van der Waals surface area (Å²) in [5.74, 6) is -0.697. The molecule has 1 saturated heterocycles. The number of amides is 1. The Hall–Kier alpha value is -1.14. The Labute approximate surface area is 131 Å². The Bertz CT molecular complexity index is 544. The molecule has 1 heterocycles. The Morgan fingerprint density at radius 2 is 2.24 bits per heavy atom. The molecule has 3 rings (SSSR count). The minimum Gasteiger partial charge on any atom is -0.454 e. The number of aliphatic hydroxyl groups excluding tert-OH is 1. The lowest BCUT2D eigenvalue weighted by Crippen LogP contribution is -2.45. The molecule has 21 heavy (non-hydrogen) atoms. The summed E-state index contributed by atoms with van der Waals surface area (Å²) in [6, 6.07) is 0. The van der Waals surface area contributed by atoms with E-state index in [4.69, 9.17) is 10.5 Å². The summed E-state index contributed by atoms with van der Waals surface area (Å²) in [7, 11) is 0. The van der Waals surface area contributed by atoms with Crippen LogP contribution in [0.3, 0.4) is 0 Å². The lowest BCUT2D eigenvalue weighted by atomic mass is 9.65. The number of carbonyl (C=O) groups is 2. The highest BCUT2D eigenvalue weighted by Crippen LogP contribution is 2.49. The number of carbonyl (C=O) groups excluding carboxylic acids is 2. The maximum atomic E-state index is 11.7. The predicted octanol–water partition coefficient (Wildman–Crippen LogP) is 1.05. The lowest BCUT2D eigenvalue weighted by Gasteiger charge is -2.43. The first-order valence-electron chi connectivity index (χ1n) is 7.09. The molecule has 3 N–H and O–H groups in total. The fraction of sp³-hybridized carbons (Fsp3) is 0.600. The molecule has 0 spiro atoms. The van der Waals surface area contributed by atoms with E-state index in [0.29, 0.717) is 18.4 Å². The number of primary amides is 1. The molecule has 0 radical (unpaired) electrons.